The summed E-state index contributed by atoms with van der Waals surface area (Å²) in [5.41, 5.74) is 0. The smallest absolute Gasteiger partial charge is 0.0107 e. The summed E-state index contributed by atoms with van der Waals surface area (Å²) < 4.78 is 0. The van der Waals surface area contributed by atoms with Crippen molar-refractivity contribution in [1.82, 2.24) is 19.6 Å². The molecule has 0 aliphatic carbocycles. The van der Waals surface area contributed by atoms with Gasteiger partial charge in [-0.3, -0.25) is 0 Å². The third-order valence-corrected chi connectivity index (χ3v) is 5.23. The van der Waals surface area contributed by atoms with Crippen molar-refractivity contribution in [3.8, 4) is 0 Å². The average Bonchev–Trinajstić information content (AvgIpc) is 2.95. The van der Waals surface area contributed by atoms with Gasteiger partial charge in [-0.25, -0.2) is 0 Å². The molecule has 0 N–H and O–H groups in total. The summed E-state index contributed by atoms with van der Waals surface area (Å²) in [4.78, 5) is 9.45. The quantitative estimate of drug-likeness (QED) is 0.665. The van der Waals surface area contributed by atoms with E-state index in [1.807, 2.05) is 0 Å². The second-order valence-corrected chi connectivity index (χ2v) is 7.76. The maximum atomic E-state index is 2.37. The lowest BCUT2D eigenvalue weighted by Crippen LogP contribution is -2.42. The molecule has 0 aromatic carbocycles. The van der Waals surface area contributed by atoms with Crippen molar-refractivity contribution >= 4 is 11.8 Å². The second-order valence-electron chi connectivity index (χ2n) is 6.53. The van der Waals surface area contributed by atoms with E-state index >= 15 is 0 Å². The normalized spacial score (nSPS) is 25.7. The second kappa shape index (κ2) is 11.7. The molecule has 0 atom stereocenters. The fourth-order valence-electron chi connectivity index (χ4n) is 2.44. The molecular formula is C16H36N4S. The van der Waals surface area contributed by atoms with Crippen LogP contribution in [-0.2, 0) is 0 Å². The Hall–Kier alpha value is 0.190. The van der Waals surface area contributed by atoms with Crippen LogP contribution in [0.4, 0.5) is 0 Å². The van der Waals surface area contributed by atoms with Crippen LogP contribution in [0, 0.1) is 0 Å². The zero-order chi connectivity index (χ0) is 15.5. The van der Waals surface area contributed by atoms with Crippen LogP contribution in [0.5, 0.6) is 0 Å². The Morgan fingerprint density at radius 3 is 1.05 bits per heavy atom. The largest absolute Gasteiger partial charge is 0.306 e. The van der Waals surface area contributed by atoms with E-state index in [4.69, 9.17) is 0 Å². The van der Waals surface area contributed by atoms with E-state index in [9.17, 15) is 0 Å². The molecule has 0 spiro atoms. The first-order valence-corrected chi connectivity index (χ1v) is 9.55. The van der Waals surface area contributed by atoms with Crippen molar-refractivity contribution < 1.29 is 0 Å². The zero-order valence-electron chi connectivity index (χ0n) is 14.7. The van der Waals surface area contributed by atoms with Crippen LogP contribution in [0.1, 0.15) is 12.8 Å². The Balaban J connectivity index is 0.000000159. The average molecular weight is 317 g/mol. The third-order valence-electron chi connectivity index (χ3n) is 4.29. The minimum absolute atomic E-state index is 1.23. The van der Waals surface area contributed by atoms with Gasteiger partial charge in [0, 0.05) is 50.8 Å². The van der Waals surface area contributed by atoms with E-state index < -0.39 is 0 Å². The number of hydrogen-bond donors (Lipinski definition) is 0. The van der Waals surface area contributed by atoms with E-state index in [0.29, 0.717) is 0 Å². The first-order chi connectivity index (χ1) is 10.1. The molecule has 0 bridgehead atoms. The highest BCUT2D eigenvalue weighted by molar-refractivity contribution is 7.99. The fourth-order valence-corrected chi connectivity index (χ4v) is 3.52. The number of nitrogens with zero attached hydrogens (tertiary/aromatic N) is 4. The predicted octanol–water partition coefficient (Wildman–Crippen LogP) is 1.24. The van der Waals surface area contributed by atoms with Crippen molar-refractivity contribution in [3.05, 3.63) is 0 Å². The SMILES string of the molecule is CN1CCCC1.CN1CCN(C)CC1.CN1CCSCC1. The van der Waals surface area contributed by atoms with Crippen LogP contribution in [0.2, 0.25) is 0 Å². The first kappa shape index (κ1) is 19.2. The van der Waals surface area contributed by atoms with Gasteiger partial charge in [0.05, 0.1) is 0 Å². The Morgan fingerprint density at radius 2 is 0.810 bits per heavy atom. The third kappa shape index (κ3) is 10.5. The van der Waals surface area contributed by atoms with Gasteiger partial charge in [-0.1, -0.05) is 0 Å². The molecule has 0 aromatic rings. The summed E-state index contributed by atoms with van der Waals surface area (Å²) in [7, 11) is 8.70. The lowest BCUT2D eigenvalue weighted by Gasteiger charge is -2.28. The van der Waals surface area contributed by atoms with Crippen LogP contribution < -0.4 is 0 Å². The predicted molar refractivity (Wildman–Crippen MR) is 96.5 cm³/mol. The van der Waals surface area contributed by atoms with Gasteiger partial charge >= 0.3 is 0 Å². The molecule has 3 saturated heterocycles. The minimum atomic E-state index is 1.23. The molecule has 3 aliphatic rings. The van der Waals surface area contributed by atoms with Gasteiger partial charge in [-0.05, 0) is 54.1 Å². The van der Waals surface area contributed by atoms with Crippen LogP contribution in [0.25, 0.3) is 0 Å². The molecule has 0 amide bonds. The highest BCUT2D eigenvalue weighted by atomic mass is 32.2. The number of thioether (sulfide) groups is 1. The van der Waals surface area contributed by atoms with Crippen molar-refractivity contribution in [2.45, 2.75) is 12.8 Å². The van der Waals surface area contributed by atoms with Gasteiger partial charge < -0.3 is 19.6 Å². The highest BCUT2D eigenvalue weighted by Gasteiger charge is 2.07. The Bertz CT molecular complexity index is 222. The number of likely N-dealkylation sites (tertiary alicyclic amines) is 1. The molecule has 3 fully saturated rings. The molecule has 0 saturated carbocycles. The van der Waals surface area contributed by atoms with Crippen LogP contribution in [0.15, 0.2) is 0 Å². The number of likely N-dealkylation sites (N-methyl/N-ethyl adjacent to an activating group) is 2. The molecular weight excluding hydrogens is 280 g/mol. The molecule has 3 heterocycles. The molecule has 126 valence electrons. The van der Waals surface area contributed by atoms with Crippen LogP contribution >= 0.6 is 11.8 Å². The standard InChI is InChI=1S/C6H14N2.C5H11NS.C5H11N/c1-7-3-5-8(2)6-4-7;1-6-2-4-7-5-3-6;1-6-4-2-3-5-6/h3-6H2,1-2H3;2-5H2,1H3;2-5H2,1H3. The van der Waals surface area contributed by atoms with Gasteiger partial charge in [-0.2, -0.15) is 11.8 Å². The number of hydrogen-bond acceptors (Lipinski definition) is 5. The zero-order valence-corrected chi connectivity index (χ0v) is 15.5. The molecule has 0 aromatic heterocycles. The molecule has 0 unspecified atom stereocenters. The minimum Gasteiger partial charge on any atom is -0.306 e. The lowest BCUT2D eigenvalue weighted by molar-refractivity contribution is 0.181. The van der Waals surface area contributed by atoms with Crippen molar-refractivity contribution in [3.63, 3.8) is 0 Å². The summed E-state index contributed by atoms with van der Waals surface area (Å²) in [6, 6.07) is 0. The van der Waals surface area contributed by atoms with Crippen LogP contribution in [0.3, 0.4) is 0 Å². The van der Waals surface area contributed by atoms with Gasteiger partial charge in [0.15, 0.2) is 0 Å². The Kier molecular flexibility index (Phi) is 10.7. The Morgan fingerprint density at radius 1 is 0.476 bits per heavy atom. The van der Waals surface area contributed by atoms with Crippen molar-refractivity contribution in [1.29, 1.82) is 0 Å². The van der Waals surface area contributed by atoms with Crippen molar-refractivity contribution in [2.24, 2.45) is 0 Å². The number of piperazine rings is 1. The Labute approximate surface area is 136 Å². The first-order valence-electron chi connectivity index (χ1n) is 8.40. The monoisotopic (exact) mass is 316 g/mol. The van der Waals surface area contributed by atoms with Gasteiger partial charge in [0.1, 0.15) is 0 Å². The molecule has 0 radical (unpaired) electrons. The maximum absolute atomic E-state index is 2.37. The van der Waals surface area contributed by atoms with Gasteiger partial charge in [0.25, 0.3) is 0 Å². The highest BCUT2D eigenvalue weighted by Crippen LogP contribution is 2.05. The van der Waals surface area contributed by atoms with Gasteiger partial charge in [-0.15, -0.1) is 0 Å². The molecule has 3 aliphatic heterocycles. The summed E-state index contributed by atoms with van der Waals surface area (Å²) in [5, 5.41) is 0. The van der Waals surface area contributed by atoms with E-state index in [-0.39, 0.29) is 0 Å². The van der Waals surface area contributed by atoms with E-state index in [1.54, 1.807) is 0 Å². The molecule has 3 rings (SSSR count). The molecule has 5 heteroatoms. The van der Waals surface area contributed by atoms with E-state index in [1.165, 1.54) is 76.7 Å². The molecule has 21 heavy (non-hydrogen) atoms. The summed E-state index contributed by atoms with van der Waals surface area (Å²) in [5.74, 6) is 2.66. The topological polar surface area (TPSA) is 13.0 Å². The number of rotatable bonds is 0. The summed E-state index contributed by atoms with van der Waals surface area (Å²) in [6.07, 6.45) is 2.83. The van der Waals surface area contributed by atoms with E-state index in [0.717, 1.165) is 0 Å². The van der Waals surface area contributed by atoms with Crippen molar-refractivity contribution in [2.75, 3.05) is 92.1 Å². The van der Waals surface area contributed by atoms with Crippen LogP contribution in [-0.4, -0.2) is 112 Å². The summed E-state index contributed by atoms with van der Waals surface area (Å²) >= 11 is 2.06. The van der Waals surface area contributed by atoms with Gasteiger partial charge in [0.2, 0.25) is 0 Å². The summed E-state index contributed by atoms with van der Waals surface area (Å²) in [6.45, 7) is 10.1. The maximum Gasteiger partial charge on any atom is 0.0107 e. The molecule has 4 nitrogen and oxygen atoms in total. The fraction of sp³-hybridized carbons (Fsp3) is 1.00. The van der Waals surface area contributed by atoms with E-state index in [2.05, 4.69) is 59.6 Å². The lowest BCUT2D eigenvalue weighted by atomic mass is 10.4.